The van der Waals surface area contributed by atoms with Crippen molar-refractivity contribution >= 4 is 22.5 Å². The fourth-order valence-corrected chi connectivity index (χ4v) is 3.77. The number of benzene rings is 2. The molecule has 0 fully saturated rings. The Morgan fingerprint density at radius 2 is 1.96 bits per heavy atom. The Morgan fingerprint density at radius 1 is 1.22 bits per heavy atom. The molecule has 0 radical (unpaired) electrons. The molecule has 27 heavy (non-hydrogen) atoms. The Morgan fingerprint density at radius 3 is 2.67 bits per heavy atom. The average Bonchev–Trinajstić information content (AvgIpc) is 2.65. The highest BCUT2D eigenvalue weighted by molar-refractivity contribution is 6.31. The molecule has 3 aromatic rings. The van der Waals surface area contributed by atoms with Gasteiger partial charge in [0.2, 0.25) is 5.88 Å². The highest BCUT2D eigenvalue weighted by Gasteiger charge is 2.37. The van der Waals surface area contributed by atoms with Gasteiger partial charge < -0.3 is 15.0 Å². The van der Waals surface area contributed by atoms with Crippen LogP contribution in [0, 0.1) is 17.1 Å². The zero-order valence-electron chi connectivity index (χ0n) is 14.2. The van der Waals surface area contributed by atoms with Crippen LogP contribution in [0.3, 0.4) is 0 Å². The summed E-state index contributed by atoms with van der Waals surface area (Å²) in [6.45, 7) is 0. The number of ether oxygens (including phenoxy) is 1. The van der Waals surface area contributed by atoms with E-state index >= 15 is 0 Å². The van der Waals surface area contributed by atoms with Crippen molar-refractivity contribution in [1.29, 1.82) is 5.26 Å². The van der Waals surface area contributed by atoms with Gasteiger partial charge in [0.1, 0.15) is 23.2 Å². The summed E-state index contributed by atoms with van der Waals surface area (Å²) in [5.41, 5.74) is 6.30. The third-order valence-electron chi connectivity index (χ3n) is 4.75. The van der Waals surface area contributed by atoms with Crippen molar-refractivity contribution < 1.29 is 9.13 Å². The zero-order valence-corrected chi connectivity index (χ0v) is 14.9. The summed E-state index contributed by atoms with van der Waals surface area (Å²) < 4.78 is 21.8. The summed E-state index contributed by atoms with van der Waals surface area (Å²) in [6, 6.07) is 13.3. The van der Waals surface area contributed by atoms with Crippen LogP contribution >= 0.6 is 11.6 Å². The zero-order chi connectivity index (χ0) is 19.3. The molecular formula is C20H13ClFN3O2. The van der Waals surface area contributed by atoms with Crippen molar-refractivity contribution in [2.24, 2.45) is 12.8 Å². The van der Waals surface area contributed by atoms with Gasteiger partial charge in [-0.3, -0.25) is 4.79 Å². The first-order chi connectivity index (χ1) is 13.0. The van der Waals surface area contributed by atoms with Gasteiger partial charge in [-0.1, -0.05) is 29.8 Å². The molecule has 1 aliphatic rings. The molecule has 7 heteroatoms. The number of allylic oxidation sites excluding steroid dienone is 1. The van der Waals surface area contributed by atoms with Crippen molar-refractivity contribution in [2.45, 2.75) is 5.92 Å². The molecule has 0 saturated carbocycles. The number of nitriles is 1. The Labute approximate surface area is 158 Å². The average molecular weight is 382 g/mol. The quantitative estimate of drug-likeness (QED) is 0.699. The molecule has 0 unspecified atom stereocenters. The molecular weight excluding hydrogens is 369 g/mol. The molecule has 1 aliphatic heterocycles. The second-order valence-electron chi connectivity index (χ2n) is 6.18. The smallest absolute Gasteiger partial charge is 0.258 e. The van der Waals surface area contributed by atoms with Gasteiger partial charge in [-0.2, -0.15) is 5.26 Å². The highest BCUT2D eigenvalue weighted by atomic mass is 35.5. The minimum absolute atomic E-state index is 0.0237. The fraction of sp³-hybridized carbons (Fsp3) is 0.100. The maximum Gasteiger partial charge on any atom is 0.258 e. The molecule has 1 atom stereocenters. The second kappa shape index (κ2) is 6.15. The lowest BCUT2D eigenvalue weighted by molar-refractivity contribution is 0.394. The highest BCUT2D eigenvalue weighted by Crippen LogP contribution is 2.45. The van der Waals surface area contributed by atoms with Gasteiger partial charge in [0.15, 0.2) is 0 Å². The number of para-hydroxylation sites is 1. The van der Waals surface area contributed by atoms with Gasteiger partial charge in [-0.25, -0.2) is 4.39 Å². The number of aromatic nitrogens is 1. The van der Waals surface area contributed by atoms with E-state index in [2.05, 4.69) is 0 Å². The van der Waals surface area contributed by atoms with Crippen molar-refractivity contribution in [3.63, 3.8) is 0 Å². The van der Waals surface area contributed by atoms with Crippen LogP contribution in [0.15, 0.2) is 58.7 Å². The van der Waals surface area contributed by atoms with E-state index in [1.54, 1.807) is 31.3 Å². The second-order valence-corrected chi connectivity index (χ2v) is 6.59. The Bertz CT molecular complexity index is 1220. The van der Waals surface area contributed by atoms with Crippen LogP contribution in [0.2, 0.25) is 5.02 Å². The van der Waals surface area contributed by atoms with Crippen LogP contribution in [-0.2, 0) is 7.05 Å². The van der Waals surface area contributed by atoms with Crippen LogP contribution in [0.4, 0.5) is 4.39 Å². The molecule has 2 N–H and O–H groups in total. The van der Waals surface area contributed by atoms with Crippen molar-refractivity contribution in [2.75, 3.05) is 0 Å². The Balaban J connectivity index is 2.19. The number of pyridine rings is 1. The van der Waals surface area contributed by atoms with Crippen LogP contribution in [0.25, 0.3) is 10.9 Å². The predicted octanol–water partition coefficient (Wildman–Crippen LogP) is 3.55. The summed E-state index contributed by atoms with van der Waals surface area (Å²) in [7, 11) is 1.61. The minimum atomic E-state index is -1.06. The van der Waals surface area contributed by atoms with Crippen molar-refractivity contribution in [3.8, 4) is 11.8 Å². The summed E-state index contributed by atoms with van der Waals surface area (Å²) in [4.78, 5) is 13.1. The number of rotatable bonds is 1. The van der Waals surface area contributed by atoms with E-state index in [0.717, 1.165) is 0 Å². The van der Waals surface area contributed by atoms with E-state index in [1.165, 1.54) is 22.8 Å². The predicted molar refractivity (Wildman–Crippen MR) is 99.9 cm³/mol. The van der Waals surface area contributed by atoms with Gasteiger partial charge in [0, 0.05) is 23.0 Å². The molecule has 2 aromatic carbocycles. The number of hydrogen-bond donors (Lipinski definition) is 1. The third kappa shape index (κ3) is 2.40. The fourth-order valence-electron chi connectivity index (χ4n) is 3.50. The summed E-state index contributed by atoms with van der Waals surface area (Å²) in [5, 5.41) is 10.4. The number of hydrogen-bond acceptors (Lipinski definition) is 4. The maximum atomic E-state index is 14.7. The molecule has 0 spiro atoms. The van der Waals surface area contributed by atoms with Gasteiger partial charge in [0.05, 0.1) is 17.0 Å². The molecule has 0 bridgehead atoms. The molecule has 4 rings (SSSR count). The van der Waals surface area contributed by atoms with Gasteiger partial charge in [0.25, 0.3) is 5.56 Å². The van der Waals surface area contributed by atoms with E-state index in [0.29, 0.717) is 10.9 Å². The SMILES string of the molecule is Cn1c(=O)c2c(c3ccccc31)OC(N)=C(C#N)[C@H]2c1c(F)cccc1Cl. The first-order valence-electron chi connectivity index (χ1n) is 8.08. The topological polar surface area (TPSA) is 81.0 Å². The van der Waals surface area contributed by atoms with E-state index in [-0.39, 0.29) is 33.4 Å². The number of aryl methyl sites for hydroxylation is 1. The van der Waals surface area contributed by atoms with E-state index in [9.17, 15) is 14.4 Å². The number of nitrogens with two attached hydrogens (primary N) is 1. The molecule has 5 nitrogen and oxygen atoms in total. The Hall–Kier alpha value is -3.30. The standard InChI is InChI=1S/C20H13ClFN3O2/c1-25-14-8-3-2-5-10(14)18-17(20(25)26)15(11(9-23)19(24)27-18)16-12(21)6-4-7-13(16)22/h2-8,15H,24H2,1H3/t15-/m0/s1. The van der Waals surface area contributed by atoms with E-state index < -0.39 is 17.3 Å². The Kier molecular flexibility index (Phi) is 3.90. The normalized spacial score (nSPS) is 16.0. The van der Waals surface area contributed by atoms with Gasteiger partial charge >= 0.3 is 0 Å². The largest absolute Gasteiger partial charge is 0.439 e. The molecule has 0 amide bonds. The monoisotopic (exact) mass is 381 g/mol. The van der Waals surface area contributed by atoms with E-state index in [1.807, 2.05) is 6.07 Å². The van der Waals surface area contributed by atoms with Crippen molar-refractivity contribution in [1.82, 2.24) is 4.57 Å². The van der Waals surface area contributed by atoms with Gasteiger partial charge in [-0.15, -0.1) is 0 Å². The lowest BCUT2D eigenvalue weighted by atomic mass is 9.83. The summed E-state index contributed by atoms with van der Waals surface area (Å²) in [6.07, 6.45) is 0. The molecule has 1 aromatic heterocycles. The maximum absolute atomic E-state index is 14.7. The summed E-state index contributed by atoms with van der Waals surface area (Å²) in [5.74, 6) is -1.64. The van der Waals surface area contributed by atoms with E-state index in [4.69, 9.17) is 22.1 Å². The number of fused-ring (bicyclic) bond motifs is 3. The molecule has 2 heterocycles. The number of nitrogens with zero attached hydrogens (tertiary/aromatic N) is 2. The van der Waals surface area contributed by atoms with Gasteiger partial charge in [-0.05, 0) is 24.3 Å². The summed E-state index contributed by atoms with van der Waals surface area (Å²) >= 11 is 6.25. The van der Waals surface area contributed by atoms with Crippen LogP contribution < -0.4 is 16.0 Å². The first-order valence-corrected chi connectivity index (χ1v) is 8.46. The van der Waals surface area contributed by atoms with Crippen LogP contribution in [0.1, 0.15) is 17.0 Å². The van der Waals surface area contributed by atoms with Crippen molar-refractivity contribution in [3.05, 3.63) is 86.2 Å². The van der Waals surface area contributed by atoms with Crippen LogP contribution in [0.5, 0.6) is 5.75 Å². The lowest BCUT2D eigenvalue weighted by Gasteiger charge is -2.28. The molecule has 0 aliphatic carbocycles. The lowest BCUT2D eigenvalue weighted by Crippen LogP contribution is -2.31. The minimum Gasteiger partial charge on any atom is -0.439 e. The molecule has 134 valence electrons. The first kappa shape index (κ1) is 17.1. The third-order valence-corrected chi connectivity index (χ3v) is 5.08. The molecule has 0 saturated heterocycles. The van der Waals surface area contributed by atoms with Crippen LogP contribution in [-0.4, -0.2) is 4.57 Å². The number of halogens is 2.